The quantitative estimate of drug-likeness (QED) is 0.772. The summed E-state index contributed by atoms with van der Waals surface area (Å²) in [6, 6.07) is -0.714. The number of nitrogens with one attached hydrogen (secondary N) is 3. The molecule has 0 unspecified atom stereocenters. The van der Waals surface area contributed by atoms with E-state index in [-0.39, 0.29) is 35.0 Å². The molecular weight excluding hydrogens is 322 g/mol. The maximum atomic E-state index is 12.4. The van der Waals surface area contributed by atoms with Gasteiger partial charge in [-0.15, -0.1) is 0 Å². The van der Waals surface area contributed by atoms with Gasteiger partial charge in [0.1, 0.15) is 6.04 Å². The summed E-state index contributed by atoms with van der Waals surface area (Å²) in [5.74, 6) is 1.07. The van der Waals surface area contributed by atoms with Crippen molar-refractivity contribution in [1.82, 2.24) is 26.1 Å². The molecule has 1 aromatic heterocycles. The normalized spacial score (nSPS) is 23.5. The Labute approximate surface area is 147 Å². The fourth-order valence-electron chi connectivity index (χ4n) is 3.39. The molecule has 0 bridgehead atoms. The second kappa shape index (κ2) is 6.31. The van der Waals surface area contributed by atoms with Crippen molar-refractivity contribution >= 4 is 11.9 Å². The third kappa shape index (κ3) is 3.62. The molecule has 1 aliphatic heterocycles. The molecule has 0 aromatic carbocycles. The van der Waals surface area contributed by atoms with Gasteiger partial charge >= 0.3 is 6.03 Å². The third-order valence-corrected chi connectivity index (χ3v) is 5.10. The first kappa shape index (κ1) is 17.7. The second-order valence-corrected chi connectivity index (χ2v) is 8.19. The van der Waals surface area contributed by atoms with E-state index in [1.54, 1.807) is 6.92 Å². The van der Waals surface area contributed by atoms with Crippen LogP contribution in [-0.2, 0) is 10.2 Å². The van der Waals surface area contributed by atoms with Gasteiger partial charge in [0.05, 0.1) is 11.6 Å². The smallest absolute Gasteiger partial charge is 0.315 e. The Bertz CT molecular complexity index is 659. The molecule has 138 valence electrons. The topological polar surface area (TPSA) is 109 Å². The first-order valence-corrected chi connectivity index (χ1v) is 8.92. The van der Waals surface area contributed by atoms with Crippen LogP contribution in [0.1, 0.15) is 77.6 Å². The number of hydrogen-bond donors (Lipinski definition) is 3. The summed E-state index contributed by atoms with van der Waals surface area (Å²) < 4.78 is 5.27. The van der Waals surface area contributed by atoms with Crippen LogP contribution in [-0.4, -0.2) is 33.7 Å². The van der Waals surface area contributed by atoms with Crippen molar-refractivity contribution in [3.05, 3.63) is 11.7 Å². The second-order valence-electron chi connectivity index (χ2n) is 8.19. The number of hydrogen-bond acceptors (Lipinski definition) is 5. The van der Waals surface area contributed by atoms with Crippen LogP contribution in [0.2, 0.25) is 0 Å². The predicted molar refractivity (Wildman–Crippen MR) is 90.8 cm³/mol. The lowest BCUT2D eigenvalue weighted by molar-refractivity contribution is -0.127. The zero-order valence-corrected chi connectivity index (χ0v) is 15.3. The van der Waals surface area contributed by atoms with Crippen LogP contribution in [0.5, 0.6) is 0 Å². The van der Waals surface area contributed by atoms with E-state index in [2.05, 4.69) is 26.1 Å². The summed E-state index contributed by atoms with van der Waals surface area (Å²) in [4.78, 5) is 28.4. The van der Waals surface area contributed by atoms with Crippen LogP contribution < -0.4 is 16.0 Å². The van der Waals surface area contributed by atoms with Crippen LogP contribution >= 0.6 is 0 Å². The summed E-state index contributed by atoms with van der Waals surface area (Å²) in [5, 5.41) is 12.9. The number of carbonyl (C=O) groups excluding carboxylic acids is 2. The van der Waals surface area contributed by atoms with E-state index in [1.807, 2.05) is 20.8 Å². The molecule has 1 saturated carbocycles. The van der Waals surface area contributed by atoms with Crippen molar-refractivity contribution in [2.45, 2.75) is 82.8 Å². The van der Waals surface area contributed by atoms with Gasteiger partial charge in [-0.3, -0.25) is 4.79 Å². The van der Waals surface area contributed by atoms with E-state index in [9.17, 15) is 9.59 Å². The molecule has 2 aliphatic rings. The number of amides is 3. The summed E-state index contributed by atoms with van der Waals surface area (Å²) in [7, 11) is 0. The number of urea groups is 1. The van der Waals surface area contributed by atoms with Crippen LogP contribution in [0.15, 0.2) is 4.52 Å². The van der Waals surface area contributed by atoms with E-state index in [0.717, 1.165) is 19.3 Å². The van der Waals surface area contributed by atoms with Crippen molar-refractivity contribution < 1.29 is 14.1 Å². The first-order chi connectivity index (χ1) is 11.7. The minimum absolute atomic E-state index is 0.0426. The van der Waals surface area contributed by atoms with Gasteiger partial charge in [0, 0.05) is 11.8 Å². The van der Waals surface area contributed by atoms with E-state index < -0.39 is 0 Å². The molecule has 1 spiro atoms. The zero-order valence-electron chi connectivity index (χ0n) is 15.3. The van der Waals surface area contributed by atoms with Crippen molar-refractivity contribution in [2.24, 2.45) is 0 Å². The molecule has 2 heterocycles. The molecule has 1 aliphatic carbocycles. The van der Waals surface area contributed by atoms with Gasteiger partial charge in [-0.1, -0.05) is 25.9 Å². The van der Waals surface area contributed by atoms with Gasteiger partial charge in [0.15, 0.2) is 5.82 Å². The van der Waals surface area contributed by atoms with Gasteiger partial charge in [0.25, 0.3) is 0 Å². The van der Waals surface area contributed by atoms with E-state index in [0.29, 0.717) is 24.6 Å². The number of nitrogens with zero attached hydrogens (tertiary/aromatic N) is 2. The molecule has 2 atom stereocenters. The Morgan fingerprint density at radius 3 is 2.68 bits per heavy atom. The van der Waals surface area contributed by atoms with Crippen molar-refractivity contribution in [3.63, 3.8) is 0 Å². The maximum absolute atomic E-state index is 12.4. The molecule has 2 fully saturated rings. The van der Waals surface area contributed by atoms with Crippen LogP contribution in [0, 0.1) is 0 Å². The third-order valence-electron chi connectivity index (χ3n) is 5.10. The monoisotopic (exact) mass is 349 g/mol. The van der Waals surface area contributed by atoms with Crippen molar-refractivity contribution in [2.75, 3.05) is 0 Å². The fourth-order valence-corrected chi connectivity index (χ4v) is 3.39. The molecule has 25 heavy (non-hydrogen) atoms. The molecule has 1 saturated heterocycles. The predicted octanol–water partition coefficient (Wildman–Crippen LogP) is 1.93. The highest BCUT2D eigenvalue weighted by Crippen LogP contribution is 2.38. The highest BCUT2D eigenvalue weighted by molar-refractivity contribution is 5.80. The highest BCUT2D eigenvalue weighted by atomic mass is 16.5. The summed E-state index contributed by atoms with van der Waals surface area (Å²) in [5.41, 5.74) is -0.472. The van der Waals surface area contributed by atoms with Gasteiger partial charge in [0.2, 0.25) is 11.8 Å². The SMILES string of the molecule is C[C@H](NC(=O)N[C@@H]1CCC(=O)NC12CCC2)c1nc(C(C)(C)C)no1. The Morgan fingerprint density at radius 1 is 1.40 bits per heavy atom. The molecule has 3 N–H and O–H groups in total. The van der Waals surface area contributed by atoms with E-state index in [1.165, 1.54) is 0 Å². The van der Waals surface area contributed by atoms with Gasteiger partial charge in [-0.25, -0.2) is 4.79 Å². The largest absolute Gasteiger partial charge is 0.349 e. The Hall–Kier alpha value is -2.12. The average molecular weight is 349 g/mol. The van der Waals surface area contributed by atoms with Crippen molar-refractivity contribution in [3.8, 4) is 0 Å². The molecule has 8 heteroatoms. The van der Waals surface area contributed by atoms with Gasteiger partial charge in [-0.05, 0) is 32.6 Å². The summed E-state index contributed by atoms with van der Waals surface area (Å²) in [6.45, 7) is 7.81. The molecule has 1 aromatic rings. The average Bonchev–Trinajstić information content (AvgIpc) is 2.97. The number of carbonyl (C=O) groups is 2. The van der Waals surface area contributed by atoms with Crippen LogP contribution in [0.25, 0.3) is 0 Å². The Balaban J connectivity index is 1.58. The number of rotatable bonds is 3. The van der Waals surface area contributed by atoms with E-state index >= 15 is 0 Å². The first-order valence-electron chi connectivity index (χ1n) is 8.92. The van der Waals surface area contributed by atoms with E-state index in [4.69, 9.17) is 4.52 Å². The standard InChI is InChI=1S/C17H27N5O3/c1-10(13-20-14(22-25-13)16(2,3)4)18-15(24)19-11-6-7-12(23)21-17(11)8-5-9-17/h10-11H,5-9H2,1-4H3,(H,21,23)(H2,18,19,24)/t10-,11+/m0/s1. The van der Waals surface area contributed by atoms with Gasteiger partial charge < -0.3 is 20.5 Å². The molecular formula is C17H27N5O3. The molecule has 8 nitrogen and oxygen atoms in total. The van der Waals surface area contributed by atoms with Gasteiger partial charge in [-0.2, -0.15) is 4.98 Å². The fraction of sp³-hybridized carbons (Fsp3) is 0.765. The summed E-state index contributed by atoms with van der Waals surface area (Å²) in [6.07, 6.45) is 4.02. The lowest BCUT2D eigenvalue weighted by atomic mass is 9.68. The zero-order chi connectivity index (χ0) is 18.2. The molecule has 3 amide bonds. The molecule has 3 rings (SSSR count). The lowest BCUT2D eigenvalue weighted by Crippen LogP contribution is -2.69. The number of piperidine rings is 1. The van der Waals surface area contributed by atoms with Crippen LogP contribution in [0.4, 0.5) is 4.79 Å². The Kier molecular flexibility index (Phi) is 4.47. The maximum Gasteiger partial charge on any atom is 0.315 e. The van der Waals surface area contributed by atoms with Crippen LogP contribution in [0.3, 0.4) is 0 Å². The Morgan fingerprint density at radius 2 is 2.12 bits per heavy atom. The van der Waals surface area contributed by atoms with Crippen molar-refractivity contribution in [1.29, 1.82) is 0 Å². The molecule has 0 radical (unpaired) electrons. The number of aromatic nitrogens is 2. The highest BCUT2D eigenvalue weighted by Gasteiger charge is 2.48. The minimum atomic E-state index is -0.390. The lowest BCUT2D eigenvalue weighted by Gasteiger charge is -2.50. The summed E-state index contributed by atoms with van der Waals surface area (Å²) >= 11 is 0. The minimum Gasteiger partial charge on any atom is -0.349 e.